The van der Waals surface area contributed by atoms with Gasteiger partial charge in [-0.1, -0.05) is 18.2 Å². The number of hydrogen-bond donors (Lipinski definition) is 3. The van der Waals surface area contributed by atoms with Gasteiger partial charge >= 0.3 is 11.9 Å². The third-order valence-corrected chi connectivity index (χ3v) is 3.16. The van der Waals surface area contributed by atoms with Crippen molar-refractivity contribution in [3.8, 4) is 5.75 Å². The van der Waals surface area contributed by atoms with Crippen molar-refractivity contribution < 1.29 is 24.9 Å². The van der Waals surface area contributed by atoms with Crippen LogP contribution in [0.5, 0.6) is 5.75 Å². The number of benzene rings is 1. The lowest BCUT2D eigenvalue weighted by Crippen LogP contribution is -2.01. The van der Waals surface area contributed by atoms with Gasteiger partial charge in [-0.25, -0.2) is 14.6 Å². The Kier molecular flexibility index (Phi) is 5.06. The number of carboxylic acids is 2. The Bertz CT molecular complexity index is 894. The maximum Gasteiger partial charge on any atom is 0.340 e. The first-order chi connectivity index (χ1) is 11.4. The molecule has 0 amide bonds. The van der Waals surface area contributed by atoms with Crippen molar-refractivity contribution in [2.24, 2.45) is 0 Å². The van der Waals surface area contributed by atoms with Crippen LogP contribution < -0.4 is 0 Å². The highest BCUT2D eigenvalue weighted by Crippen LogP contribution is 2.28. The number of aromatic hydroxyl groups is 1. The summed E-state index contributed by atoms with van der Waals surface area (Å²) in [5.74, 6) is -2.35. The predicted octanol–water partition coefficient (Wildman–Crippen LogP) is 2.73. The van der Waals surface area contributed by atoms with Gasteiger partial charge in [0.25, 0.3) is 0 Å². The van der Waals surface area contributed by atoms with E-state index in [4.69, 9.17) is 10.2 Å². The Morgan fingerprint density at radius 3 is 2.25 bits per heavy atom. The molecule has 0 bridgehead atoms. The van der Waals surface area contributed by atoms with Crippen LogP contribution in [-0.2, 0) is 0 Å². The Labute approximate surface area is 136 Å². The standard InChI is InChI=1S/C11H9NO3.C6H5NO2/c1-6-10(13)9(11(14)15)7-4-2-3-5-8(7)12-6;8-6(9)5-2-1-3-7-4-5/h2-5,13H,1H3,(H,14,15);1-4H,(H,8,9). The molecule has 0 spiro atoms. The van der Waals surface area contributed by atoms with E-state index in [2.05, 4.69) is 9.97 Å². The number of nitrogens with zero attached hydrogens (tertiary/aromatic N) is 2. The van der Waals surface area contributed by atoms with Crippen molar-refractivity contribution in [2.75, 3.05) is 0 Å². The highest BCUT2D eigenvalue weighted by Gasteiger charge is 2.17. The molecule has 0 radical (unpaired) electrons. The second-order valence-corrected chi connectivity index (χ2v) is 4.79. The van der Waals surface area contributed by atoms with Crippen molar-refractivity contribution in [1.82, 2.24) is 9.97 Å². The molecule has 2 heterocycles. The lowest BCUT2D eigenvalue weighted by molar-refractivity contribution is 0.0685. The monoisotopic (exact) mass is 326 g/mol. The molecule has 0 unspecified atom stereocenters. The third kappa shape index (κ3) is 3.64. The number of hydrogen-bond acceptors (Lipinski definition) is 5. The molecule has 0 aliphatic heterocycles. The summed E-state index contributed by atoms with van der Waals surface area (Å²) in [6, 6.07) is 9.92. The van der Waals surface area contributed by atoms with Gasteiger partial charge < -0.3 is 15.3 Å². The normalized spacial score (nSPS) is 9.88. The number of para-hydroxylation sites is 1. The van der Waals surface area contributed by atoms with Crippen molar-refractivity contribution in [3.05, 3.63) is 65.6 Å². The van der Waals surface area contributed by atoms with E-state index in [1.54, 1.807) is 37.3 Å². The molecule has 7 nitrogen and oxygen atoms in total. The second-order valence-electron chi connectivity index (χ2n) is 4.79. The van der Waals surface area contributed by atoms with E-state index in [0.29, 0.717) is 16.6 Å². The summed E-state index contributed by atoms with van der Waals surface area (Å²) in [6.07, 6.45) is 2.84. The number of aromatic nitrogens is 2. The summed E-state index contributed by atoms with van der Waals surface area (Å²) in [5.41, 5.74) is 1.03. The van der Waals surface area contributed by atoms with Crippen LogP contribution in [0, 0.1) is 6.92 Å². The van der Waals surface area contributed by atoms with Crippen LogP contribution in [0.1, 0.15) is 26.4 Å². The highest BCUT2D eigenvalue weighted by molar-refractivity contribution is 6.05. The lowest BCUT2D eigenvalue weighted by Gasteiger charge is -2.06. The molecule has 0 atom stereocenters. The van der Waals surface area contributed by atoms with Gasteiger partial charge in [-0.3, -0.25) is 4.98 Å². The molecule has 0 fully saturated rings. The molecule has 24 heavy (non-hydrogen) atoms. The Morgan fingerprint density at radius 2 is 1.71 bits per heavy atom. The summed E-state index contributed by atoms with van der Waals surface area (Å²) in [7, 11) is 0. The van der Waals surface area contributed by atoms with Gasteiger partial charge in [0.05, 0.1) is 16.8 Å². The van der Waals surface area contributed by atoms with Crippen molar-refractivity contribution in [3.63, 3.8) is 0 Å². The van der Waals surface area contributed by atoms with Crippen LogP contribution in [0.15, 0.2) is 48.8 Å². The van der Waals surface area contributed by atoms with E-state index in [9.17, 15) is 14.7 Å². The first-order valence-corrected chi connectivity index (χ1v) is 6.86. The van der Waals surface area contributed by atoms with Gasteiger partial charge in [0.15, 0.2) is 5.75 Å². The van der Waals surface area contributed by atoms with E-state index in [1.165, 1.54) is 18.5 Å². The summed E-state index contributed by atoms with van der Waals surface area (Å²) in [5, 5.41) is 27.4. The molecule has 0 aliphatic carbocycles. The number of fused-ring (bicyclic) bond motifs is 1. The van der Waals surface area contributed by atoms with Gasteiger partial charge in [-0.05, 0) is 25.1 Å². The SMILES string of the molecule is Cc1nc2ccccc2c(C(=O)O)c1O.O=C(O)c1cccnc1. The molecule has 3 rings (SSSR count). The molecule has 0 saturated heterocycles. The Morgan fingerprint density at radius 1 is 1.00 bits per heavy atom. The molecule has 0 saturated carbocycles. The molecule has 2 aromatic heterocycles. The zero-order valence-corrected chi connectivity index (χ0v) is 12.7. The van der Waals surface area contributed by atoms with E-state index in [0.717, 1.165) is 0 Å². The van der Waals surface area contributed by atoms with Gasteiger partial charge in [-0.2, -0.15) is 0 Å². The van der Waals surface area contributed by atoms with Crippen LogP contribution in [0.25, 0.3) is 10.9 Å². The van der Waals surface area contributed by atoms with Gasteiger partial charge in [-0.15, -0.1) is 0 Å². The van der Waals surface area contributed by atoms with Crippen molar-refractivity contribution >= 4 is 22.8 Å². The second kappa shape index (κ2) is 7.19. The largest absolute Gasteiger partial charge is 0.505 e. The van der Waals surface area contributed by atoms with Crippen LogP contribution in [-0.4, -0.2) is 37.2 Å². The minimum atomic E-state index is -1.14. The van der Waals surface area contributed by atoms with Crippen LogP contribution >= 0.6 is 0 Å². The fourth-order valence-corrected chi connectivity index (χ4v) is 2.03. The Hall–Kier alpha value is -3.48. The molecule has 0 aliphatic rings. The van der Waals surface area contributed by atoms with Crippen molar-refractivity contribution in [1.29, 1.82) is 0 Å². The van der Waals surface area contributed by atoms with E-state index >= 15 is 0 Å². The predicted molar refractivity (Wildman–Crippen MR) is 86.3 cm³/mol. The van der Waals surface area contributed by atoms with Gasteiger partial charge in [0, 0.05) is 17.8 Å². The number of carboxylic acid groups (broad SMARTS) is 2. The fraction of sp³-hybridized carbons (Fsp3) is 0.0588. The first-order valence-electron chi connectivity index (χ1n) is 6.86. The maximum absolute atomic E-state index is 11.0. The molecule has 7 heteroatoms. The Balaban J connectivity index is 0.000000198. The molecular weight excluding hydrogens is 312 g/mol. The minimum Gasteiger partial charge on any atom is -0.505 e. The third-order valence-electron chi connectivity index (χ3n) is 3.16. The zero-order valence-electron chi connectivity index (χ0n) is 12.7. The minimum absolute atomic E-state index is 0.0851. The highest BCUT2D eigenvalue weighted by atomic mass is 16.4. The molecular formula is C17H14N2O5. The average Bonchev–Trinajstić information content (AvgIpc) is 2.57. The first kappa shape index (κ1) is 16.9. The van der Waals surface area contributed by atoms with Crippen LogP contribution in [0.2, 0.25) is 0 Å². The number of aromatic carboxylic acids is 2. The van der Waals surface area contributed by atoms with E-state index in [-0.39, 0.29) is 16.9 Å². The summed E-state index contributed by atoms with van der Waals surface area (Å²) >= 11 is 0. The smallest absolute Gasteiger partial charge is 0.340 e. The van der Waals surface area contributed by atoms with Crippen LogP contribution in [0.4, 0.5) is 0 Å². The molecule has 122 valence electrons. The topological polar surface area (TPSA) is 121 Å². The molecule has 1 aromatic carbocycles. The zero-order chi connectivity index (χ0) is 17.7. The fourth-order valence-electron chi connectivity index (χ4n) is 2.03. The van der Waals surface area contributed by atoms with Gasteiger partial charge in [0.1, 0.15) is 5.56 Å². The number of rotatable bonds is 2. The summed E-state index contributed by atoms with van der Waals surface area (Å²) in [6.45, 7) is 1.58. The number of aryl methyl sites for hydroxylation is 1. The molecule has 3 aromatic rings. The number of carbonyl (C=O) groups is 2. The number of pyridine rings is 2. The molecule has 3 N–H and O–H groups in total. The van der Waals surface area contributed by atoms with Crippen LogP contribution in [0.3, 0.4) is 0 Å². The quantitative estimate of drug-likeness (QED) is 0.662. The van der Waals surface area contributed by atoms with Gasteiger partial charge in [0.2, 0.25) is 0 Å². The van der Waals surface area contributed by atoms with E-state index < -0.39 is 11.9 Å². The lowest BCUT2D eigenvalue weighted by atomic mass is 10.1. The average molecular weight is 326 g/mol. The maximum atomic E-state index is 11.0. The van der Waals surface area contributed by atoms with Crippen molar-refractivity contribution in [2.45, 2.75) is 6.92 Å². The van der Waals surface area contributed by atoms with E-state index in [1.807, 2.05) is 0 Å². The summed E-state index contributed by atoms with van der Waals surface area (Å²) < 4.78 is 0. The summed E-state index contributed by atoms with van der Waals surface area (Å²) in [4.78, 5) is 28.9.